The van der Waals surface area contributed by atoms with Crippen LogP contribution in [0.5, 0.6) is 5.75 Å². The lowest BCUT2D eigenvalue weighted by Gasteiger charge is -2.20. The highest BCUT2D eigenvalue weighted by Crippen LogP contribution is 2.40. The maximum atomic E-state index is 5.92. The molecule has 3 rings (SSSR count). The van der Waals surface area contributed by atoms with Crippen LogP contribution in [-0.2, 0) is 0 Å². The molecule has 1 aliphatic heterocycles. The number of hydrogen-bond donors (Lipinski definition) is 1. The Kier molecular flexibility index (Phi) is 3.14. The van der Waals surface area contributed by atoms with Crippen LogP contribution in [0.3, 0.4) is 0 Å². The molecule has 92 valence electrons. The molecule has 1 heterocycles. The minimum absolute atomic E-state index is 0.453. The van der Waals surface area contributed by atoms with Gasteiger partial charge in [0.25, 0.3) is 0 Å². The number of fused-ring (bicyclic) bond motifs is 1. The number of aryl methyl sites for hydroxylation is 1. The molecular weight excluding hydrogens is 278 g/mol. The maximum Gasteiger partial charge on any atom is 0.128 e. The average molecular weight is 296 g/mol. The van der Waals surface area contributed by atoms with Gasteiger partial charge in [-0.05, 0) is 44.2 Å². The molecular formula is C14H18BrNO. The molecule has 1 aromatic rings. The van der Waals surface area contributed by atoms with Gasteiger partial charge in [0.05, 0.1) is 6.61 Å². The van der Waals surface area contributed by atoms with E-state index in [1.165, 1.54) is 34.9 Å². The summed E-state index contributed by atoms with van der Waals surface area (Å²) in [6.07, 6.45) is 4.96. The van der Waals surface area contributed by atoms with E-state index in [1.807, 2.05) is 0 Å². The summed E-state index contributed by atoms with van der Waals surface area (Å²) in [5.74, 6) is 1.09. The van der Waals surface area contributed by atoms with Crippen molar-refractivity contribution < 1.29 is 4.74 Å². The number of rotatable bonds is 2. The van der Waals surface area contributed by atoms with Crippen molar-refractivity contribution in [2.24, 2.45) is 0 Å². The summed E-state index contributed by atoms with van der Waals surface area (Å²) in [5, 5.41) is 3.75. The van der Waals surface area contributed by atoms with E-state index in [0.717, 1.165) is 24.8 Å². The SMILES string of the molecule is Cc1ccc(Br)c2c1OCCCC2NC1CC1. The molecule has 0 aromatic heterocycles. The smallest absolute Gasteiger partial charge is 0.128 e. The summed E-state index contributed by atoms with van der Waals surface area (Å²) in [7, 11) is 0. The number of hydrogen-bond acceptors (Lipinski definition) is 2. The largest absolute Gasteiger partial charge is 0.493 e. The maximum absolute atomic E-state index is 5.92. The lowest BCUT2D eigenvalue weighted by molar-refractivity contribution is 0.313. The van der Waals surface area contributed by atoms with Gasteiger partial charge in [-0.25, -0.2) is 0 Å². The van der Waals surface area contributed by atoms with Crippen molar-refractivity contribution in [2.45, 2.75) is 44.7 Å². The van der Waals surface area contributed by atoms with E-state index in [2.05, 4.69) is 40.3 Å². The third-order valence-electron chi connectivity index (χ3n) is 3.59. The van der Waals surface area contributed by atoms with Crippen LogP contribution in [0.15, 0.2) is 16.6 Å². The lowest BCUT2D eigenvalue weighted by atomic mass is 9.99. The lowest BCUT2D eigenvalue weighted by Crippen LogP contribution is -2.23. The van der Waals surface area contributed by atoms with Crippen molar-refractivity contribution in [3.05, 3.63) is 27.7 Å². The molecule has 1 aliphatic carbocycles. The number of halogens is 1. The highest BCUT2D eigenvalue weighted by molar-refractivity contribution is 9.10. The van der Waals surface area contributed by atoms with E-state index < -0.39 is 0 Å². The summed E-state index contributed by atoms with van der Waals surface area (Å²) in [6, 6.07) is 5.46. The van der Waals surface area contributed by atoms with Gasteiger partial charge in [0.1, 0.15) is 5.75 Å². The molecule has 17 heavy (non-hydrogen) atoms. The minimum Gasteiger partial charge on any atom is -0.493 e. The Morgan fingerprint density at radius 3 is 2.88 bits per heavy atom. The van der Waals surface area contributed by atoms with Gasteiger partial charge in [0.2, 0.25) is 0 Å². The van der Waals surface area contributed by atoms with Crippen molar-refractivity contribution in [3.8, 4) is 5.75 Å². The predicted molar refractivity (Wildman–Crippen MR) is 72.5 cm³/mol. The molecule has 2 aliphatic rings. The van der Waals surface area contributed by atoms with E-state index >= 15 is 0 Å². The number of ether oxygens (including phenoxy) is 1. The second-order valence-electron chi connectivity index (χ2n) is 5.09. The fourth-order valence-corrected chi connectivity index (χ4v) is 3.10. The van der Waals surface area contributed by atoms with Gasteiger partial charge in [-0.3, -0.25) is 0 Å². The van der Waals surface area contributed by atoms with Crippen LogP contribution in [0.1, 0.15) is 42.9 Å². The van der Waals surface area contributed by atoms with Crippen molar-refractivity contribution in [2.75, 3.05) is 6.61 Å². The van der Waals surface area contributed by atoms with Gasteiger partial charge in [-0.15, -0.1) is 0 Å². The fourth-order valence-electron chi connectivity index (χ4n) is 2.51. The molecule has 0 saturated heterocycles. The molecule has 3 heteroatoms. The van der Waals surface area contributed by atoms with E-state index in [4.69, 9.17) is 4.74 Å². The number of nitrogens with one attached hydrogen (secondary N) is 1. The first kappa shape index (κ1) is 11.5. The van der Waals surface area contributed by atoms with E-state index in [-0.39, 0.29) is 0 Å². The molecule has 1 atom stereocenters. The molecule has 2 nitrogen and oxygen atoms in total. The Bertz CT molecular complexity index is 428. The topological polar surface area (TPSA) is 21.3 Å². The molecule has 1 fully saturated rings. The van der Waals surface area contributed by atoms with E-state index in [9.17, 15) is 0 Å². The third-order valence-corrected chi connectivity index (χ3v) is 4.28. The van der Waals surface area contributed by atoms with Crippen LogP contribution >= 0.6 is 15.9 Å². The predicted octanol–water partition coefficient (Wildman–Crippen LogP) is 3.72. The molecule has 0 bridgehead atoms. The van der Waals surface area contributed by atoms with Gasteiger partial charge in [-0.2, -0.15) is 0 Å². The van der Waals surface area contributed by atoms with Crippen molar-refractivity contribution >= 4 is 15.9 Å². The van der Waals surface area contributed by atoms with Gasteiger partial charge in [-0.1, -0.05) is 22.0 Å². The summed E-state index contributed by atoms with van der Waals surface area (Å²) in [4.78, 5) is 0. The van der Waals surface area contributed by atoms with Crippen molar-refractivity contribution in [3.63, 3.8) is 0 Å². The zero-order chi connectivity index (χ0) is 11.8. The Hall–Kier alpha value is -0.540. The normalized spacial score (nSPS) is 23.8. The van der Waals surface area contributed by atoms with E-state index in [1.54, 1.807) is 0 Å². The minimum atomic E-state index is 0.453. The third kappa shape index (κ3) is 2.36. The molecule has 1 unspecified atom stereocenters. The molecule has 0 radical (unpaired) electrons. The molecule has 0 amide bonds. The summed E-state index contributed by atoms with van der Waals surface area (Å²) >= 11 is 3.68. The summed E-state index contributed by atoms with van der Waals surface area (Å²) in [5.41, 5.74) is 2.57. The highest BCUT2D eigenvalue weighted by atomic mass is 79.9. The van der Waals surface area contributed by atoms with E-state index in [0.29, 0.717) is 6.04 Å². The molecule has 1 aromatic carbocycles. The summed E-state index contributed by atoms with van der Waals surface area (Å²) < 4.78 is 7.10. The quantitative estimate of drug-likeness (QED) is 0.898. The first-order valence-electron chi connectivity index (χ1n) is 6.43. The van der Waals surface area contributed by atoms with Crippen LogP contribution in [0.25, 0.3) is 0 Å². The van der Waals surface area contributed by atoms with Gasteiger partial charge >= 0.3 is 0 Å². The van der Waals surface area contributed by atoms with Gasteiger partial charge in [0, 0.05) is 22.1 Å². The van der Waals surface area contributed by atoms with Crippen LogP contribution in [0.4, 0.5) is 0 Å². The summed E-state index contributed by atoms with van der Waals surface area (Å²) in [6.45, 7) is 2.97. The van der Waals surface area contributed by atoms with Crippen LogP contribution in [0, 0.1) is 6.92 Å². The molecule has 1 saturated carbocycles. The van der Waals surface area contributed by atoms with Crippen LogP contribution < -0.4 is 10.1 Å². The first-order valence-corrected chi connectivity index (χ1v) is 7.23. The van der Waals surface area contributed by atoms with Crippen LogP contribution in [0.2, 0.25) is 0 Å². The fraction of sp³-hybridized carbons (Fsp3) is 0.571. The van der Waals surface area contributed by atoms with Gasteiger partial charge in [0.15, 0.2) is 0 Å². The zero-order valence-electron chi connectivity index (χ0n) is 10.1. The highest BCUT2D eigenvalue weighted by Gasteiger charge is 2.29. The molecule has 0 spiro atoms. The standard InChI is InChI=1S/C14H18BrNO/c1-9-4-7-11(15)13-12(16-10-5-6-10)3-2-8-17-14(9)13/h4,7,10,12,16H,2-3,5-6,8H2,1H3. The Morgan fingerprint density at radius 1 is 1.29 bits per heavy atom. The monoisotopic (exact) mass is 295 g/mol. The second kappa shape index (κ2) is 4.62. The van der Waals surface area contributed by atoms with Gasteiger partial charge < -0.3 is 10.1 Å². The Balaban J connectivity index is 1.99. The van der Waals surface area contributed by atoms with Crippen molar-refractivity contribution in [1.82, 2.24) is 5.32 Å². The second-order valence-corrected chi connectivity index (χ2v) is 5.95. The molecule has 1 N–H and O–H groups in total. The zero-order valence-corrected chi connectivity index (χ0v) is 11.7. The van der Waals surface area contributed by atoms with Crippen molar-refractivity contribution in [1.29, 1.82) is 0 Å². The van der Waals surface area contributed by atoms with Crippen LogP contribution in [-0.4, -0.2) is 12.6 Å². The number of benzene rings is 1. The first-order chi connectivity index (χ1) is 8.25. The average Bonchev–Trinajstić information content (AvgIpc) is 3.12. The Morgan fingerprint density at radius 2 is 2.12 bits per heavy atom. The Labute approximate surface area is 111 Å².